The molecule has 2 aliphatic rings. The fraction of sp³-hybridized carbons (Fsp3) is 0.115. The summed E-state index contributed by atoms with van der Waals surface area (Å²) >= 11 is 0. The average molecular weight is 811 g/mol. The Bertz CT molecular complexity index is 3390. The quantitative estimate of drug-likeness (QED) is 0.162. The van der Waals surface area contributed by atoms with Gasteiger partial charge in [-0.05, 0) is 128 Å². The number of anilines is 3. The minimum Gasteiger partial charge on any atom is -0.310 e. The molecule has 9 aromatic carbocycles. The molecule has 0 radical (unpaired) electrons. The Kier molecular flexibility index (Phi) is 8.75. The Hall–Kier alpha value is -7.42. The zero-order chi connectivity index (χ0) is 41.7. The van der Waals surface area contributed by atoms with Crippen LogP contribution in [0.1, 0.15) is 57.4 Å². The van der Waals surface area contributed by atoms with Gasteiger partial charge in [0.05, 0.1) is 16.7 Å². The van der Waals surface area contributed by atoms with E-state index in [1.54, 1.807) is 0 Å². The van der Waals surface area contributed by atoms with Gasteiger partial charge in [0.15, 0.2) is 0 Å². The van der Waals surface area contributed by atoms with E-state index in [-0.39, 0.29) is 18.3 Å². The molecule has 0 aliphatic heterocycles. The van der Waals surface area contributed by atoms with Crippen molar-refractivity contribution < 1.29 is 0 Å². The van der Waals surface area contributed by atoms with Gasteiger partial charge in [-0.15, -0.1) is 0 Å². The largest absolute Gasteiger partial charge is 0.310 e. The highest BCUT2D eigenvalue weighted by Crippen LogP contribution is 2.56. The normalized spacial score (nSPS) is 13.8. The van der Waals surface area contributed by atoms with Crippen LogP contribution in [0, 0.1) is 0 Å². The van der Waals surface area contributed by atoms with Crippen molar-refractivity contribution in [3.05, 3.63) is 229 Å². The summed E-state index contributed by atoms with van der Waals surface area (Å²) in [6.45, 7) is 9.48. The number of hydrogen-bond acceptors (Lipinski definition) is 1. The van der Waals surface area contributed by atoms with E-state index in [0.717, 1.165) is 17.1 Å². The molecule has 0 spiro atoms. The third kappa shape index (κ3) is 5.78. The molecule has 0 atom stereocenters. The molecule has 1 heterocycles. The highest BCUT2D eigenvalue weighted by atomic mass is 15.1. The van der Waals surface area contributed by atoms with Crippen LogP contribution in [-0.2, 0) is 10.8 Å². The van der Waals surface area contributed by atoms with Crippen LogP contribution in [0.5, 0.6) is 0 Å². The van der Waals surface area contributed by atoms with Crippen molar-refractivity contribution >= 4 is 38.9 Å². The summed E-state index contributed by atoms with van der Waals surface area (Å²) in [5, 5.41) is 2.49. The van der Waals surface area contributed by atoms with Gasteiger partial charge in [0.1, 0.15) is 0 Å². The molecule has 0 bridgehead atoms. The lowest BCUT2D eigenvalue weighted by molar-refractivity contribution is 0.660. The van der Waals surface area contributed by atoms with Gasteiger partial charge in [-0.25, -0.2) is 0 Å². The molecular weight excluding hydrogens is 761 g/mol. The summed E-state index contributed by atoms with van der Waals surface area (Å²) in [5.41, 5.74) is 22.5. The van der Waals surface area contributed by atoms with E-state index >= 15 is 0 Å². The van der Waals surface area contributed by atoms with Crippen LogP contribution >= 0.6 is 0 Å². The lowest BCUT2D eigenvalue weighted by atomic mass is 9.82. The Labute approximate surface area is 371 Å². The minimum absolute atomic E-state index is 0. The predicted octanol–water partition coefficient (Wildman–Crippen LogP) is 16.8. The maximum absolute atomic E-state index is 2.50. The molecule has 0 amide bonds. The summed E-state index contributed by atoms with van der Waals surface area (Å²) in [6, 6.07) is 76.5. The van der Waals surface area contributed by atoms with Gasteiger partial charge in [-0.2, -0.15) is 0 Å². The molecule has 0 saturated heterocycles. The summed E-state index contributed by atoms with van der Waals surface area (Å²) in [5.74, 6) is 0. The SMILES string of the molecule is C.CC1(C)c2ccccc2-c2ccc(N(c3ccc(-c4ccc5c(c4)c4cc(-c6ccccc6)ccc4n5-c4ccccc4)cc3)c3cccc4c3-c3ccccc3C4(C)C)cc21. The molecule has 12 rings (SSSR count). The molecule has 2 nitrogen and oxygen atoms in total. The summed E-state index contributed by atoms with van der Waals surface area (Å²) in [7, 11) is 0. The Morgan fingerprint density at radius 3 is 1.52 bits per heavy atom. The van der Waals surface area contributed by atoms with E-state index in [0.29, 0.717) is 0 Å². The lowest BCUT2D eigenvalue weighted by Gasteiger charge is -2.30. The highest BCUT2D eigenvalue weighted by Gasteiger charge is 2.39. The molecule has 63 heavy (non-hydrogen) atoms. The Balaban J connectivity index is 0.00000444. The number of para-hydroxylation sites is 1. The van der Waals surface area contributed by atoms with Gasteiger partial charge in [-0.3, -0.25) is 0 Å². The van der Waals surface area contributed by atoms with Crippen molar-refractivity contribution in [3.63, 3.8) is 0 Å². The van der Waals surface area contributed by atoms with Crippen LogP contribution in [-0.4, -0.2) is 4.57 Å². The van der Waals surface area contributed by atoms with Gasteiger partial charge in [-0.1, -0.05) is 175 Å². The maximum Gasteiger partial charge on any atom is 0.0543 e. The highest BCUT2D eigenvalue weighted by molar-refractivity contribution is 6.11. The first-order valence-electron chi connectivity index (χ1n) is 21.8. The van der Waals surface area contributed by atoms with E-state index in [2.05, 4.69) is 243 Å². The number of aromatic nitrogens is 1. The van der Waals surface area contributed by atoms with Gasteiger partial charge < -0.3 is 9.47 Å². The molecule has 10 aromatic rings. The monoisotopic (exact) mass is 810 g/mol. The van der Waals surface area contributed by atoms with Gasteiger partial charge in [0, 0.05) is 44.2 Å². The first-order valence-corrected chi connectivity index (χ1v) is 21.8. The smallest absolute Gasteiger partial charge is 0.0543 e. The maximum atomic E-state index is 2.50. The van der Waals surface area contributed by atoms with Crippen molar-refractivity contribution in [2.75, 3.05) is 4.90 Å². The van der Waals surface area contributed by atoms with Crippen molar-refractivity contribution in [1.29, 1.82) is 0 Å². The molecule has 2 heteroatoms. The van der Waals surface area contributed by atoms with Crippen molar-refractivity contribution in [2.24, 2.45) is 0 Å². The first-order chi connectivity index (χ1) is 30.3. The standard InChI is InChI=1S/C60H46N2.CH4/c1-59(2)52-23-14-12-21-48(52)58-53(59)24-15-25-57(58)61(45-32-33-47-46-20-11-13-22-51(46)60(3,4)54(47)38-45)44-30-26-40(27-31-44)42-29-35-56-50(37-42)49-36-41(39-16-7-5-8-17-39)28-34-55(49)62(56)43-18-9-6-10-19-43;/h5-38H,1-4H3;1H4. The van der Waals surface area contributed by atoms with E-state index in [1.807, 2.05) is 0 Å². The molecule has 0 N–H and O–H groups in total. The molecule has 0 saturated carbocycles. The van der Waals surface area contributed by atoms with Gasteiger partial charge in [0.25, 0.3) is 0 Å². The molecule has 2 aliphatic carbocycles. The van der Waals surface area contributed by atoms with E-state index in [9.17, 15) is 0 Å². The van der Waals surface area contributed by atoms with E-state index in [1.165, 1.54) is 94.3 Å². The van der Waals surface area contributed by atoms with Crippen molar-refractivity contribution in [3.8, 4) is 50.2 Å². The molecule has 0 unspecified atom stereocenters. The third-order valence-corrected chi connectivity index (χ3v) is 14.0. The fourth-order valence-corrected chi connectivity index (χ4v) is 10.9. The van der Waals surface area contributed by atoms with Gasteiger partial charge >= 0.3 is 0 Å². The van der Waals surface area contributed by atoms with Crippen LogP contribution in [0.25, 0.3) is 72.0 Å². The summed E-state index contributed by atoms with van der Waals surface area (Å²) < 4.78 is 2.40. The second-order valence-corrected chi connectivity index (χ2v) is 18.2. The van der Waals surface area contributed by atoms with Crippen LogP contribution in [0.2, 0.25) is 0 Å². The number of fused-ring (bicyclic) bond motifs is 9. The van der Waals surface area contributed by atoms with Gasteiger partial charge in [0.2, 0.25) is 0 Å². The number of hydrogen-bond donors (Lipinski definition) is 0. The first kappa shape index (κ1) is 38.5. The fourth-order valence-electron chi connectivity index (χ4n) is 10.9. The second kappa shape index (κ2) is 14.3. The van der Waals surface area contributed by atoms with Crippen LogP contribution in [0.15, 0.2) is 206 Å². The number of benzene rings is 9. The Morgan fingerprint density at radius 2 is 0.857 bits per heavy atom. The lowest BCUT2D eigenvalue weighted by Crippen LogP contribution is -2.17. The molecular formula is C61H50N2. The van der Waals surface area contributed by atoms with Crippen LogP contribution in [0.4, 0.5) is 17.1 Å². The molecule has 0 fully saturated rings. The summed E-state index contributed by atoms with van der Waals surface area (Å²) in [4.78, 5) is 2.50. The average Bonchev–Trinajstić information content (AvgIpc) is 3.86. The van der Waals surface area contributed by atoms with Crippen molar-refractivity contribution in [1.82, 2.24) is 4.57 Å². The Morgan fingerprint density at radius 1 is 0.365 bits per heavy atom. The topological polar surface area (TPSA) is 8.17 Å². The zero-order valence-corrected chi connectivity index (χ0v) is 35.5. The second-order valence-electron chi connectivity index (χ2n) is 18.2. The third-order valence-electron chi connectivity index (χ3n) is 14.0. The molecule has 304 valence electrons. The van der Waals surface area contributed by atoms with Crippen LogP contribution < -0.4 is 4.90 Å². The predicted molar refractivity (Wildman–Crippen MR) is 268 cm³/mol. The van der Waals surface area contributed by atoms with Crippen LogP contribution in [0.3, 0.4) is 0 Å². The van der Waals surface area contributed by atoms with E-state index < -0.39 is 0 Å². The summed E-state index contributed by atoms with van der Waals surface area (Å²) in [6.07, 6.45) is 0. The number of nitrogens with zero attached hydrogens (tertiary/aromatic N) is 2. The van der Waals surface area contributed by atoms with E-state index in [4.69, 9.17) is 0 Å². The molecule has 1 aromatic heterocycles. The minimum atomic E-state index is -0.116. The zero-order valence-electron chi connectivity index (χ0n) is 35.5. The van der Waals surface area contributed by atoms with Crippen molar-refractivity contribution in [2.45, 2.75) is 46.0 Å². The number of rotatable bonds is 6.